The molecule has 1 unspecified atom stereocenters. The predicted octanol–water partition coefficient (Wildman–Crippen LogP) is 3.32. The summed E-state index contributed by atoms with van der Waals surface area (Å²) < 4.78 is 13.0. The van der Waals surface area contributed by atoms with Gasteiger partial charge in [0.25, 0.3) is 0 Å². The molecular weight excluding hydrogens is 420 g/mol. The Bertz CT molecular complexity index is 916. The van der Waals surface area contributed by atoms with Gasteiger partial charge in [0.05, 0.1) is 36.9 Å². The molecule has 0 spiro atoms. The Balaban J connectivity index is 1.34. The molecule has 178 valence electrons. The second-order valence-electron chi connectivity index (χ2n) is 9.06. The van der Waals surface area contributed by atoms with E-state index in [1.54, 1.807) is 0 Å². The van der Waals surface area contributed by atoms with Crippen LogP contribution in [0.4, 0.5) is 0 Å². The third-order valence-corrected chi connectivity index (χ3v) is 6.55. The van der Waals surface area contributed by atoms with E-state index in [1.165, 1.54) is 0 Å². The van der Waals surface area contributed by atoms with E-state index in [1.807, 2.05) is 48.1 Å². The maximum absolute atomic E-state index is 12.5. The van der Waals surface area contributed by atoms with Crippen molar-refractivity contribution in [3.05, 3.63) is 47.8 Å². The van der Waals surface area contributed by atoms with E-state index < -0.39 is 0 Å². The van der Waals surface area contributed by atoms with Crippen molar-refractivity contribution in [2.45, 2.75) is 70.6 Å². The molecule has 1 saturated carbocycles. The zero-order valence-corrected chi connectivity index (χ0v) is 19.4. The normalized spacial score (nSPS) is 23.7. The van der Waals surface area contributed by atoms with Gasteiger partial charge >= 0.3 is 11.9 Å². The van der Waals surface area contributed by atoms with Crippen LogP contribution in [0.5, 0.6) is 0 Å². The van der Waals surface area contributed by atoms with E-state index in [9.17, 15) is 9.59 Å². The smallest absolute Gasteiger partial charge is 0.310 e. The summed E-state index contributed by atoms with van der Waals surface area (Å²) >= 11 is 0. The van der Waals surface area contributed by atoms with Crippen LogP contribution in [0.25, 0.3) is 0 Å². The minimum atomic E-state index is -0.197. The molecule has 2 fully saturated rings. The highest BCUT2D eigenvalue weighted by atomic mass is 16.5. The van der Waals surface area contributed by atoms with Gasteiger partial charge in [-0.3, -0.25) is 14.5 Å². The number of nitrogens with zero attached hydrogens (tertiary/aromatic N) is 4. The first-order valence-electron chi connectivity index (χ1n) is 12.2. The third kappa shape index (κ3) is 6.41. The van der Waals surface area contributed by atoms with Crippen molar-refractivity contribution < 1.29 is 19.1 Å². The van der Waals surface area contributed by atoms with Gasteiger partial charge in [0.15, 0.2) is 0 Å². The molecule has 8 heteroatoms. The zero-order chi connectivity index (χ0) is 23.0. The van der Waals surface area contributed by atoms with Gasteiger partial charge in [-0.05, 0) is 51.1 Å². The Morgan fingerprint density at radius 1 is 1.09 bits per heavy atom. The van der Waals surface area contributed by atoms with Crippen molar-refractivity contribution in [3.63, 3.8) is 0 Å². The van der Waals surface area contributed by atoms with Crippen LogP contribution >= 0.6 is 0 Å². The summed E-state index contributed by atoms with van der Waals surface area (Å²) in [6, 6.07) is 9.69. The molecule has 0 radical (unpaired) electrons. The van der Waals surface area contributed by atoms with Gasteiger partial charge in [-0.15, -0.1) is 5.10 Å². The van der Waals surface area contributed by atoms with Crippen LogP contribution in [0.2, 0.25) is 0 Å². The lowest BCUT2D eigenvalue weighted by Crippen LogP contribution is -2.39. The lowest BCUT2D eigenvalue weighted by Gasteiger charge is -2.31. The molecule has 1 aromatic carbocycles. The summed E-state index contributed by atoms with van der Waals surface area (Å²) in [5.41, 5.74) is 1.83. The number of piperidine rings is 1. The minimum absolute atomic E-state index is 0.00774. The van der Waals surface area contributed by atoms with Crippen molar-refractivity contribution in [1.29, 1.82) is 0 Å². The summed E-state index contributed by atoms with van der Waals surface area (Å²) in [5.74, 6) is -0.370. The van der Waals surface area contributed by atoms with Crippen molar-refractivity contribution in [1.82, 2.24) is 19.9 Å². The van der Waals surface area contributed by atoms with Gasteiger partial charge in [-0.2, -0.15) is 0 Å². The number of rotatable bonds is 8. The molecule has 1 saturated heterocycles. The number of esters is 2. The highest BCUT2D eigenvalue weighted by Crippen LogP contribution is 2.31. The average molecular weight is 455 g/mol. The fourth-order valence-electron chi connectivity index (χ4n) is 4.92. The number of hydrogen-bond donors (Lipinski definition) is 0. The van der Waals surface area contributed by atoms with Crippen LogP contribution in [-0.4, -0.2) is 57.6 Å². The summed E-state index contributed by atoms with van der Waals surface area (Å²) in [5, 5.41) is 8.78. The molecule has 8 nitrogen and oxygen atoms in total. The van der Waals surface area contributed by atoms with Crippen LogP contribution in [0, 0.1) is 5.92 Å². The molecule has 1 aliphatic heterocycles. The minimum Gasteiger partial charge on any atom is -0.466 e. The molecule has 4 rings (SSSR count). The largest absolute Gasteiger partial charge is 0.466 e. The summed E-state index contributed by atoms with van der Waals surface area (Å²) in [4.78, 5) is 26.9. The number of benzene rings is 1. The van der Waals surface area contributed by atoms with Gasteiger partial charge in [-0.25, -0.2) is 4.68 Å². The fraction of sp³-hybridized carbons (Fsp3) is 0.600. The van der Waals surface area contributed by atoms with Crippen LogP contribution in [0.1, 0.15) is 62.7 Å². The fourth-order valence-corrected chi connectivity index (χ4v) is 4.92. The van der Waals surface area contributed by atoms with Crippen molar-refractivity contribution in [3.8, 4) is 0 Å². The van der Waals surface area contributed by atoms with E-state index in [4.69, 9.17) is 9.47 Å². The number of aromatic nitrogens is 3. The zero-order valence-electron chi connectivity index (χ0n) is 19.4. The van der Waals surface area contributed by atoms with Crippen molar-refractivity contribution in [2.24, 2.45) is 5.92 Å². The summed E-state index contributed by atoms with van der Waals surface area (Å²) in [7, 11) is 0. The Morgan fingerprint density at radius 2 is 1.91 bits per heavy atom. The number of hydrogen-bond acceptors (Lipinski definition) is 7. The summed E-state index contributed by atoms with van der Waals surface area (Å²) in [6.45, 7) is 4.54. The predicted molar refractivity (Wildman–Crippen MR) is 122 cm³/mol. The van der Waals surface area contributed by atoms with Gasteiger partial charge in [0.2, 0.25) is 0 Å². The molecule has 2 aliphatic rings. The highest BCUT2D eigenvalue weighted by Gasteiger charge is 2.31. The number of carbonyl (C=O) groups is 2. The van der Waals surface area contributed by atoms with Crippen LogP contribution in [0.3, 0.4) is 0 Å². The SMILES string of the molecule is CCOC(=O)C1CCCN(Cc2cn([C@@H]3CCCC[C@H]3OC(=O)Cc3ccccc3)nn2)C1. The highest BCUT2D eigenvalue weighted by molar-refractivity contribution is 5.73. The van der Waals surface area contributed by atoms with E-state index in [0.29, 0.717) is 19.7 Å². The standard InChI is InChI=1S/C25H34N4O4/c1-2-32-25(31)20-11-8-14-28(16-20)17-21-18-29(27-26-21)22-12-6-7-13-23(22)33-24(30)15-19-9-4-3-5-10-19/h3-5,9-10,18,20,22-23H,2,6-8,11-17H2,1H3/t20?,22-,23-/m1/s1. The van der Waals surface area contributed by atoms with Gasteiger partial charge in [0, 0.05) is 13.1 Å². The molecule has 2 aromatic rings. The molecule has 1 aromatic heterocycles. The lowest BCUT2D eigenvalue weighted by atomic mass is 9.92. The molecule has 0 amide bonds. The second-order valence-corrected chi connectivity index (χ2v) is 9.06. The first-order valence-corrected chi connectivity index (χ1v) is 12.2. The van der Waals surface area contributed by atoms with E-state index in [2.05, 4.69) is 15.2 Å². The average Bonchev–Trinajstić information content (AvgIpc) is 3.28. The lowest BCUT2D eigenvalue weighted by molar-refractivity contribution is -0.152. The Kier molecular flexibility index (Phi) is 8.10. The number of likely N-dealkylation sites (tertiary alicyclic amines) is 1. The Labute approximate surface area is 195 Å². The molecule has 2 heterocycles. The maximum atomic E-state index is 12.5. The molecule has 3 atom stereocenters. The third-order valence-electron chi connectivity index (χ3n) is 6.55. The molecular formula is C25H34N4O4. The van der Waals surface area contributed by atoms with Crippen LogP contribution < -0.4 is 0 Å². The quantitative estimate of drug-likeness (QED) is 0.566. The van der Waals surface area contributed by atoms with Crippen molar-refractivity contribution in [2.75, 3.05) is 19.7 Å². The van der Waals surface area contributed by atoms with E-state index in [0.717, 1.165) is 56.3 Å². The Morgan fingerprint density at radius 3 is 2.73 bits per heavy atom. The maximum Gasteiger partial charge on any atom is 0.310 e. The number of ether oxygens (including phenoxy) is 2. The first kappa shape index (κ1) is 23.4. The van der Waals surface area contributed by atoms with Gasteiger partial charge in [0.1, 0.15) is 6.10 Å². The Hall–Kier alpha value is -2.74. The molecule has 0 bridgehead atoms. The number of carbonyl (C=O) groups excluding carboxylic acids is 2. The molecule has 0 N–H and O–H groups in total. The summed E-state index contributed by atoms with van der Waals surface area (Å²) in [6.07, 6.45) is 7.80. The monoisotopic (exact) mass is 454 g/mol. The topological polar surface area (TPSA) is 86.5 Å². The molecule has 33 heavy (non-hydrogen) atoms. The van der Waals surface area contributed by atoms with Crippen LogP contribution in [-0.2, 0) is 32.0 Å². The van der Waals surface area contributed by atoms with Gasteiger partial charge in [-0.1, -0.05) is 42.0 Å². The van der Waals surface area contributed by atoms with Crippen LogP contribution in [0.15, 0.2) is 36.5 Å². The first-order chi connectivity index (χ1) is 16.1. The van der Waals surface area contributed by atoms with Crippen molar-refractivity contribution >= 4 is 11.9 Å². The molecule has 1 aliphatic carbocycles. The van der Waals surface area contributed by atoms with E-state index in [-0.39, 0.29) is 36.4 Å². The second kappa shape index (κ2) is 11.4. The van der Waals surface area contributed by atoms with E-state index >= 15 is 0 Å². The van der Waals surface area contributed by atoms with Gasteiger partial charge < -0.3 is 9.47 Å².